The fourth-order valence-corrected chi connectivity index (χ4v) is 3.90. The number of hydrogen-bond acceptors (Lipinski definition) is 4. The summed E-state index contributed by atoms with van der Waals surface area (Å²) in [5, 5.41) is 0. The maximum absolute atomic E-state index is 12.6. The van der Waals surface area contributed by atoms with Crippen molar-refractivity contribution < 1.29 is 18.0 Å². The first-order valence-electron chi connectivity index (χ1n) is 8.21. The van der Waals surface area contributed by atoms with Gasteiger partial charge in [-0.25, -0.2) is 8.42 Å². The molecule has 0 spiro atoms. The van der Waals surface area contributed by atoms with Crippen molar-refractivity contribution in [1.29, 1.82) is 0 Å². The van der Waals surface area contributed by atoms with Gasteiger partial charge in [-0.05, 0) is 43.9 Å². The number of aryl methyl sites for hydroxylation is 2. The standard InChI is InChI=1S/C17H25N3O4S/c1-12-4-5-13(2)15(10-12)20(25(3,23)24)11-16(21)19-8-6-14(7-9-19)17(18)22/h4-5,10,14H,6-9,11H2,1-3H3,(H2,18,22). The van der Waals surface area contributed by atoms with Crippen LogP contribution in [0.1, 0.15) is 24.0 Å². The normalized spacial score (nSPS) is 15.9. The molecule has 7 nitrogen and oxygen atoms in total. The maximum Gasteiger partial charge on any atom is 0.243 e. The van der Waals surface area contributed by atoms with E-state index in [0.29, 0.717) is 31.6 Å². The van der Waals surface area contributed by atoms with Crippen molar-refractivity contribution in [2.24, 2.45) is 11.7 Å². The van der Waals surface area contributed by atoms with Gasteiger partial charge in [-0.2, -0.15) is 0 Å². The van der Waals surface area contributed by atoms with Crippen molar-refractivity contribution in [3.63, 3.8) is 0 Å². The van der Waals surface area contributed by atoms with Crippen LogP contribution in [0.25, 0.3) is 0 Å². The van der Waals surface area contributed by atoms with E-state index in [1.165, 1.54) is 0 Å². The van der Waals surface area contributed by atoms with Crippen molar-refractivity contribution in [3.05, 3.63) is 29.3 Å². The lowest BCUT2D eigenvalue weighted by molar-refractivity contribution is -0.133. The van der Waals surface area contributed by atoms with Crippen molar-refractivity contribution in [3.8, 4) is 0 Å². The highest BCUT2D eigenvalue weighted by Crippen LogP contribution is 2.24. The zero-order valence-electron chi connectivity index (χ0n) is 14.9. The summed E-state index contributed by atoms with van der Waals surface area (Å²) in [7, 11) is -3.60. The van der Waals surface area contributed by atoms with Crippen LogP contribution in [0.5, 0.6) is 0 Å². The summed E-state index contributed by atoms with van der Waals surface area (Å²) >= 11 is 0. The summed E-state index contributed by atoms with van der Waals surface area (Å²) in [4.78, 5) is 25.4. The summed E-state index contributed by atoms with van der Waals surface area (Å²) < 4.78 is 25.6. The summed E-state index contributed by atoms with van der Waals surface area (Å²) in [5.74, 6) is -0.830. The molecule has 0 unspecified atom stereocenters. The molecule has 1 aliphatic rings. The summed E-state index contributed by atoms with van der Waals surface area (Å²) in [5.41, 5.74) is 7.53. The number of sulfonamides is 1. The number of anilines is 1. The molecule has 2 amide bonds. The number of nitrogens with zero attached hydrogens (tertiary/aromatic N) is 2. The lowest BCUT2D eigenvalue weighted by Crippen LogP contribution is -2.47. The number of piperidine rings is 1. The molecule has 0 aliphatic carbocycles. The quantitative estimate of drug-likeness (QED) is 0.831. The highest BCUT2D eigenvalue weighted by molar-refractivity contribution is 7.92. The number of hydrogen-bond donors (Lipinski definition) is 1. The highest BCUT2D eigenvalue weighted by Gasteiger charge is 2.29. The summed E-state index contributed by atoms with van der Waals surface area (Å²) in [6.07, 6.45) is 2.13. The van der Waals surface area contributed by atoms with Crippen LogP contribution < -0.4 is 10.0 Å². The predicted molar refractivity (Wildman–Crippen MR) is 96.6 cm³/mol. The van der Waals surface area contributed by atoms with E-state index in [9.17, 15) is 18.0 Å². The van der Waals surface area contributed by atoms with Gasteiger partial charge in [0.25, 0.3) is 0 Å². The molecule has 25 heavy (non-hydrogen) atoms. The molecular formula is C17H25N3O4S. The SMILES string of the molecule is Cc1ccc(C)c(N(CC(=O)N2CCC(C(N)=O)CC2)S(C)(=O)=O)c1. The molecule has 1 aliphatic heterocycles. The Morgan fingerprint density at radius 3 is 2.36 bits per heavy atom. The Bertz CT molecular complexity index is 768. The number of benzene rings is 1. The lowest BCUT2D eigenvalue weighted by atomic mass is 9.96. The van der Waals surface area contributed by atoms with Crippen LogP contribution in [0.3, 0.4) is 0 Å². The minimum atomic E-state index is -3.60. The molecular weight excluding hydrogens is 342 g/mol. The fourth-order valence-electron chi connectivity index (χ4n) is 3.01. The van der Waals surface area contributed by atoms with Gasteiger partial charge in [-0.1, -0.05) is 12.1 Å². The average molecular weight is 367 g/mol. The van der Waals surface area contributed by atoms with E-state index >= 15 is 0 Å². The third-order valence-corrected chi connectivity index (χ3v) is 5.69. The zero-order valence-corrected chi connectivity index (χ0v) is 15.7. The second kappa shape index (κ2) is 7.43. The number of amides is 2. The molecule has 2 N–H and O–H groups in total. The molecule has 1 saturated heterocycles. The third-order valence-electron chi connectivity index (χ3n) is 4.56. The summed E-state index contributed by atoms with van der Waals surface area (Å²) in [6.45, 7) is 4.27. The molecule has 2 rings (SSSR count). The number of primary amides is 1. The van der Waals surface area contributed by atoms with Crippen molar-refractivity contribution >= 4 is 27.5 Å². The van der Waals surface area contributed by atoms with E-state index in [1.54, 1.807) is 11.0 Å². The number of likely N-dealkylation sites (tertiary alicyclic amines) is 1. The van der Waals surface area contributed by atoms with Crippen LogP contribution in [0.2, 0.25) is 0 Å². The Morgan fingerprint density at radius 2 is 1.84 bits per heavy atom. The van der Waals surface area contributed by atoms with Gasteiger partial charge in [-0.3, -0.25) is 13.9 Å². The first-order valence-corrected chi connectivity index (χ1v) is 10.1. The second-order valence-electron chi connectivity index (χ2n) is 6.62. The molecule has 138 valence electrons. The Hall–Kier alpha value is -2.09. The van der Waals surface area contributed by atoms with Gasteiger partial charge >= 0.3 is 0 Å². The first-order chi connectivity index (χ1) is 11.6. The topological polar surface area (TPSA) is 101 Å². The molecule has 0 bridgehead atoms. The van der Waals surface area contributed by atoms with E-state index in [1.807, 2.05) is 26.0 Å². The number of carbonyl (C=O) groups excluding carboxylic acids is 2. The van der Waals surface area contributed by atoms with E-state index in [-0.39, 0.29) is 24.3 Å². The Morgan fingerprint density at radius 1 is 1.24 bits per heavy atom. The molecule has 1 fully saturated rings. The van der Waals surface area contributed by atoms with Crippen LogP contribution in [0.15, 0.2) is 18.2 Å². The van der Waals surface area contributed by atoms with Crippen LogP contribution in [-0.4, -0.2) is 51.0 Å². The van der Waals surface area contributed by atoms with E-state index in [2.05, 4.69) is 0 Å². The monoisotopic (exact) mass is 367 g/mol. The Balaban J connectivity index is 2.17. The molecule has 1 aromatic rings. The van der Waals surface area contributed by atoms with Gasteiger partial charge < -0.3 is 10.6 Å². The molecule has 1 aromatic carbocycles. The second-order valence-corrected chi connectivity index (χ2v) is 8.52. The van der Waals surface area contributed by atoms with Crippen LogP contribution in [0.4, 0.5) is 5.69 Å². The van der Waals surface area contributed by atoms with E-state index in [0.717, 1.165) is 21.7 Å². The third kappa shape index (κ3) is 4.72. The van der Waals surface area contributed by atoms with E-state index < -0.39 is 10.0 Å². The van der Waals surface area contributed by atoms with Crippen molar-refractivity contribution in [2.75, 3.05) is 30.2 Å². The zero-order chi connectivity index (χ0) is 18.8. The number of rotatable bonds is 5. The fraction of sp³-hybridized carbons (Fsp3) is 0.529. The van der Waals surface area contributed by atoms with Crippen LogP contribution in [-0.2, 0) is 19.6 Å². The van der Waals surface area contributed by atoms with Gasteiger partial charge in [0.05, 0.1) is 11.9 Å². The highest BCUT2D eigenvalue weighted by atomic mass is 32.2. The number of nitrogens with two attached hydrogens (primary N) is 1. The molecule has 0 saturated carbocycles. The van der Waals surface area contributed by atoms with Gasteiger partial charge in [0.15, 0.2) is 0 Å². The van der Waals surface area contributed by atoms with Crippen LogP contribution in [0, 0.1) is 19.8 Å². The first kappa shape index (κ1) is 19.2. The number of carbonyl (C=O) groups is 2. The van der Waals surface area contributed by atoms with Crippen molar-refractivity contribution in [1.82, 2.24) is 4.90 Å². The molecule has 0 radical (unpaired) electrons. The van der Waals surface area contributed by atoms with Crippen molar-refractivity contribution in [2.45, 2.75) is 26.7 Å². The largest absolute Gasteiger partial charge is 0.369 e. The molecule has 1 heterocycles. The predicted octanol–water partition coefficient (Wildman–Crippen LogP) is 0.793. The van der Waals surface area contributed by atoms with Gasteiger partial charge in [0, 0.05) is 19.0 Å². The smallest absolute Gasteiger partial charge is 0.243 e. The Kier molecular flexibility index (Phi) is 5.72. The maximum atomic E-state index is 12.6. The minimum Gasteiger partial charge on any atom is -0.369 e. The average Bonchev–Trinajstić information content (AvgIpc) is 2.54. The van der Waals surface area contributed by atoms with Crippen LogP contribution >= 0.6 is 0 Å². The molecule has 0 atom stereocenters. The van der Waals surface area contributed by atoms with Gasteiger partial charge in [0.1, 0.15) is 6.54 Å². The summed E-state index contributed by atoms with van der Waals surface area (Å²) in [6, 6.07) is 5.50. The Labute approximate surface area is 148 Å². The van der Waals surface area contributed by atoms with Gasteiger partial charge in [-0.15, -0.1) is 0 Å². The lowest BCUT2D eigenvalue weighted by Gasteiger charge is -2.33. The van der Waals surface area contributed by atoms with E-state index in [4.69, 9.17) is 5.73 Å². The minimum absolute atomic E-state index is 0.214. The van der Waals surface area contributed by atoms with Gasteiger partial charge in [0.2, 0.25) is 21.8 Å². The molecule has 8 heteroatoms. The molecule has 0 aromatic heterocycles.